The third-order valence-corrected chi connectivity index (χ3v) is 5.82. The van der Waals surface area contributed by atoms with Gasteiger partial charge in [0.15, 0.2) is 5.13 Å². The number of ether oxygens (including phenoxy) is 1. The van der Waals surface area contributed by atoms with E-state index in [-0.39, 0.29) is 11.8 Å². The lowest BCUT2D eigenvalue weighted by Crippen LogP contribution is -2.40. The largest absolute Gasteiger partial charge is 0.497 e. The Morgan fingerprint density at radius 2 is 2.23 bits per heavy atom. The van der Waals surface area contributed by atoms with Crippen molar-refractivity contribution in [2.75, 3.05) is 25.1 Å². The fourth-order valence-electron chi connectivity index (χ4n) is 3.22. The van der Waals surface area contributed by atoms with Gasteiger partial charge >= 0.3 is 0 Å². The maximum atomic E-state index is 12.3. The molecule has 1 saturated heterocycles. The average molecular weight is 371 g/mol. The molecular weight excluding hydrogens is 350 g/mol. The quantitative estimate of drug-likeness (QED) is 0.744. The molecule has 7 heteroatoms. The summed E-state index contributed by atoms with van der Waals surface area (Å²) in [6.07, 6.45) is 3.29. The van der Waals surface area contributed by atoms with Gasteiger partial charge in [0.25, 0.3) is 0 Å². The van der Waals surface area contributed by atoms with Crippen LogP contribution in [0.5, 0.6) is 5.75 Å². The highest BCUT2D eigenvalue weighted by Gasteiger charge is 2.26. The van der Waals surface area contributed by atoms with Crippen molar-refractivity contribution in [3.8, 4) is 5.75 Å². The smallest absolute Gasteiger partial charge is 0.223 e. The van der Waals surface area contributed by atoms with E-state index in [9.17, 15) is 4.79 Å². The van der Waals surface area contributed by atoms with Crippen molar-refractivity contribution in [3.05, 3.63) is 42.4 Å². The highest BCUT2D eigenvalue weighted by molar-refractivity contribution is 7.22. The van der Waals surface area contributed by atoms with Gasteiger partial charge in [-0.25, -0.2) is 4.98 Å². The number of hydrogen-bond acceptors (Lipinski definition) is 6. The molecule has 0 spiro atoms. The summed E-state index contributed by atoms with van der Waals surface area (Å²) in [5.41, 5.74) is 0.990. The molecule has 136 valence electrons. The first-order chi connectivity index (χ1) is 12.7. The molecule has 1 aliphatic rings. The molecule has 2 aromatic heterocycles. The minimum Gasteiger partial charge on any atom is -0.497 e. The predicted molar refractivity (Wildman–Crippen MR) is 102 cm³/mol. The number of hydrogen-bond donors (Lipinski definition) is 1. The number of amides is 1. The van der Waals surface area contributed by atoms with E-state index < -0.39 is 0 Å². The summed E-state index contributed by atoms with van der Waals surface area (Å²) >= 11 is 1.67. The van der Waals surface area contributed by atoms with Gasteiger partial charge < -0.3 is 19.4 Å². The number of carbonyl (C=O) groups excluding carboxylic acids is 1. The topological polar surface area (TPSA) is 67.6 Å². The van der Waals surface area contributed by atoms with Crippen LogP contribution in [0.3, 0.4) is 0 Å². The fraction of sp³-hybridized carbons (Fsp3) is 0.368. The molecule has 0 bridgehead atoms. The number of nitrogens with zero attached hydrogens (tertiary/aromatic N) is 2. The zero-order valence-electron chi connectivity index (χ0n) is 14.6. The molecule has 0 aliphatic carbocycles. The summed E-state index contributed by atoms with van der Waals surface area (Å²) in [5, 5.41) is 3.98. The van der Waals surface area contributed by atoms with E-state index in [0.29, 0.717) is 6.54 Å². The molecule has 1 amide bonds. The number of rotatable bonds is 5. The van der Waals surface area contributed by atoms with Crippen molar-refractivity contribution in [1.29, 1.82) is 0 Å². The number of anilines is 1. The van der Waals surface area contributed by atoms with Crippen LogP contribution in [0, 0.1) is 5.92 Å². The van der Waals surface area contributed by atoms with Crippen molar-refractivity contribution in [1.82, 2.24) is 10.3 Å². The molecule has 6 nitrogen and oxygen atoms in total. The van der Waals surface area contributed by atoms with Crippen molar-refractivity contribution in [3.63, 3.8) is 0 Å². The maximum Gasteiger partial charge on any atom is 0.223 e. The maximum absolute atomic E-state index is 12.3. The van der Waals surface area contributed by atoms with E-state index in [1.165, 1.54) is 0 Å². The number of fused-ring (bicyclic) bond motifs is 1. The molecule has 1 aliphatic heterocycles. The first kappa shape index (κ1) is 16.9. The van der Waals surface area contributed by atoms with Crippen LogP contribution in [0.25, 0.3) is 10.2 Å². The van der Waals surface area contributed by atoms with Gasteiger partial charge in [0, 0.05) is 19.0 Å². The van der Waals surface area contributed by atoms with Crippen LogP contribution in [0.15, 0.2) is 41.0 Å². The predicted octanol–water partition coefficient (Wildman–Crippen LogP) is 3.43. The normalized spacial score (nSPS) is 15.3. The van der Waals surface area contributed by atoms with E-state index in [4.69, 9.17) is 14.1 Å². The molecule has 0 unspecified atom stereocenters. The third-order valence-electron chi connectivity index (χ3n) is 4.74. The first-order valence-corrected chi connectivity index (χ1v) is 9.54. The summed E-state index contributed by atoms with van der Waals surface area (Å²) in [6.45, 7) is 2.14. The Kier molecular flexibility index (Phi) is 4.79. The molecule has 26 heavy (non-hydrogen) atoms. The second-order valence-electron chi connectivity index (χ2n) is 6.39. The Morgan fingerprint density at radius 1 is 1.38 bits per heavy atom. The Bertz CT molecular complexity index is 883. The van der Waals surface area contributed by atoms with Gasteiger partial charge in [-0.2, -0.15) is 0 Å². The summed E-state index contributed by atoms with van der Waals surface area (Å²) in [4.78, 5) is 19.3. The first-order valence-electron chi connectivity index (χ1n) is 8.72. The lowest BCUT2D eigenvalue weighted by molar-refractivity contribution is -0.125. The number of furan rings is 1. The Hall–Kier alpha value is -2.54. The zero-order chi connectivity index (χ0) is 17.9. The molecule has 0 radical (unpaired) electrons. The summed E-state index contributed by atoms with van der Waals surface area (Å²) < 4.78 is 11.7. The molecule has 1 N–H and O–H groups in total. The number of benzene rings is 1. The second kappa shape index (κ2) is 7.37. The van der Waals surface area contributed by atoms with Gasteiger partial charge in [-0.1, -0.05) is 11.3 Å². The molecule has 3 heterocycles. The Balaban J connectivity index is 1.35. The minimum atomic E-state index is 0.0516. The van der Waals surface area contributed by atoms with Crippen LogP contribution in [0.4, 0.5) is 5.13 Å². The molecule has 0 atom stereocenters. The SMILES string of the molecule is COc1ccc2nc(N3CCC(C(=O)NCc4ccco4)CC3)sc2c1. The molecule has 1 aromatic carbocycles. The van der Waals surface area contributed by atoms with Gasteiger partial charge in [0.05, 0.1) is 30.1 Å². The van der Waals surface area contributed by atoms with Crippen LogP contribution < -0.4 is 15.0 Å². The Labute approximate surface area is 155 Å². The van der Waals surface area contributed by atoms with Crippen molar-refractivity contribution >= 4 is 32.6 Å². The Morgan fingerprint density at radius 3 is 2.96 bits per heavy atom. The summed E-state index contributed by atoms with van der Waals surface area (Å²) in [7, 11) is 1.67. The monoisotopic (exact) mass is 371 g/mol. The number of piperidine rings is 1. The van der Waals surface area contributed by atoms with E-state index in [0.717, 1.165) is 52.8 Å². The van der Waals surface area contributed by atoms with Crippen LogP contribution in [0.1, 0.15) is 18.6 Å². The van der Waals surface area contributed by atoms with Crippen LogP contribution in [-0.2, 0) is 11.3 Å². The number of nitrogens with one attached hydrogen (secondary N) is 1. The van der Waals surface area contributed by atoms with Gasteiger partial charge in [0.2, 0.25) is 5.91 Å². The third kappa shape index (κ3) is 3.53. The van der Waals surface area contributed by atoms with Crippen LogP contribution in [-0.4, -0.2) is 31.1 Å². The fourth-order valence-corrected chi connectivity index (χ4v) is 4.27. The van der Waals surface area contributed by atoms with Crippen LogP contribution in [0.2, 0.25) is 0 Å². The molecule has 3 aromatic rings. The van der Waals surface area contributed by atoms with E-state index >= 15 is 0 Å². The van der Waals surface area contributed by atoms with Gasteiger partial charge in [-0.05, 0) is 43.2 Å². The number of thiazole rings is 1. The lowest BCUT2D eigenvalue weighted by atomic mass is 9.96. The van der Waals surface area contributed by atoms with Crippen molar-refractivity contribution in [2.45, 2.75) is 19.4 Å². The number of carbonyl (C=O) groups is 1. The summed E-state index contributed by atoms with van der Waals surface area (Å²) in [5.74, 6) is 1.78. The lowest BCUT2D eigenvalue weighted by Gasteiger charge is -2.30. The highest BCUT2D eigenvalue weighted by atomic mass is 32.1. The van der Waals surface area contributed by atoms with E-state index in [1.807, 2.05) is 30.3 Å². The van der Waals surface area contributed by atoms with Crippen molar-refractivity contribution in [2.24, 2.45) is 5.92 Å². The minimum absolute atomic E-state index is 0.0516. The standard InChI is InChI=1S/C19H21N3O3S/c1-24-14-4-5-16-17(11-14)26-19(21-16)22-8-6-13(7-9-22)18(23)20-12-15-3-2-10-25-15/h2-5,10-11,13H,6-9,12H2,1H3,(H,20,23). The highest BCUT2D eigenvalue weighted by Crippen LogP contribution is 2.33. The molecular formula is C19H21N3O3S. The molecule has 1 fully saturated rings. The molecule has 0 saturated carbocycles. The van der Waals surface area contributed by atoms with E-state index in [1.54, 1.807) is 24.7 Å². The number of methoxy groups -OCH3 is 1. The van der Waals surface area contributed by atoms with Crippen molar-refractivity contribution < 1.29 is 13.9 Å². The zero-order valence-corrected chi connectivity index (χ0v) is 15.4. The van der Waals surface area contributed by atoms with Gasteiger partial charge in [0.1, 0.15) is 11.5 Å². The number of aromatic nitrogens is 1. The van der Waals surface area contributed by atoms with Gasteiger partial charge in [-0.3, -0.25) is 4.79 Å². The van der Waals surface area contributed by atoms with Crippen LogP contribution >= 0.6 is 11.3 Å². The average Bonchev–Trinajstić information content (AvgIpc) is 3.35. The second-order valence-corrected chi connectivity index (χ2v) is 7.40. The summed E-state index contributed by atoms with van der Waals surface area (Å²) in [6, 6.07) is 9.63. The van der Waals surface area contributed by atoms with Gasteiger partial charge in [-0.15, -0.1) is 0 Å². The van der Waals surface area contributed by atoms with E-state index in [2.05, 4.69) is 10.2 Å². The molecule has 4 rings (SSSR count).